The Morgan fingerprint density at radius 1 is 1.78 bits per heavy atom. The molecule has 0 amide bonds. The number of allylic oxidation sites excluding steroid dienone is 1. The Labute approximate surface area is 62.0 Å². The van der Waals surface area contributed by atoms with Gasteiger partial charge in [0.15, 0.2) is 5.17 Å². The van der Waals surface area contributed by atoms with Gasteiger partial charge in [-0.2, -0.15) is 4.53 Å². The number of hydrazone groups is 1. The molecule has 0 aromatic carbocycles. The largest absolute Gasteiger partial charge is 0.395 e. The summed E-state index contributed by atoms with van der Waals surface area (Å²) in [5, 5.41) is 3.74. The summed E-state index contributed by atoms with van der Waals surface area (Å²) in [5.41, 5.74) is 8.00. The summed E-state index contributed by atoms with van der Waals surface area (Å²) in [5.74, 6) is 0. The molecule has 0 atom stereocenters. The Morgan fingerprint density at radius 2 is 2.44 bits per heavy atom. The van der Waals surface area contributed by atoms with E-state index in [0.717, 1.165) is 4.53 Å². The van der Waals surface area contributed by atoms with Crippen LogP contribution in [0, 0.1) is 0 Å². The zero-order valence-electron chi connectivity index (χ0n) is 4.31. The number of hydrogen-bond acceptors (Lipinski definition) is 4. The Hall–Kier alpha value is -0.610. The van der Waals surface area contributed by atoms with E-state index in [4.69, 9.17) is 29.1 Å². The highest BCUT2D eigenvalue weighted by molar-refractivity contribution is 6.69. The van der Waals surface area contributed by atoms with Crippen LogP contribution in [0.25, 0.3) is 0 Å². The lowest BCUT2D eigenvalue weighted by molar-refractivity contribution is 0.446. The van der Waals surface area contributed by atoms with Crippen molar-refractivity contribution in [3.8, 4) is 0 Å². The molecule has 1 aliphatic heterocycles. The van der Waals surface area contributed by atoms with E-state index in [9.17, 15) is 0 Å². The van der Waals surface area contributed by atoms with Gasteiger partial charge in [0, 0.05) is 11.8 Å². The Balaban J connectivity index is 2.75. The van der Waals surface area contributed by atoms with E-state index in [-0.39, 0.29) is 5.17 Å². The van der Waals surface area contributed by atoms with Gasteiger partial charge in [-0.1, -0.05) is 11.6 Å². The Kier molecular flexibility index (Phi) is 1.68. The topological polar surface area (TPSA) is 53.6 Å². The smallest absolute Gasteiger partial charge is 0.175 e. The molecule has 0 bridgehead atoms. The van der Waals surface area contributed by atoms with Crippen molar-refractivity contribution in [1.29, 1.82) is 0 Å². The summed E-state index contributed by atoms with van der Waals surface area (Å²) in [4.78, 5) is 0. The maximum atomic E-state index is 5.44. The number of rotatable bonds is 0. The van der Waals surface area contributed by atoms with Crippen LogP contribution in [0.1, 0.15) is 0 Å². The molecule has 1 heterocycles. The molecule has 0 unspecified atom stereocenters. The van der Waals surface area contributed by atoms with Crippen LogP contribution in [-0.4, -0.2) is 9.70 Å². The first-order valence-electron chi connectivity index (χ1n) is 2.11. The van der Waals surface area contributed by atoms with Crippen molar-refractivity contribution in [1.82, 2.24) is 10.1 Å². The second kappa shape index (κ2) is 2.33. The normalized spacial score (nSPS) is 18.2. The van der Waals surface area contributed by atoms with E-state index in [2.05, 4.69) is 10.6 Å². The average Bonchev–Trinajstić information content (AvgIpc) is 1.80. The van der Waals surface area contributed by atoms with Crippen molar-refractivity contribution in [3.63, 3.8) is 0 Å². The van der Waals surface area contributed by atoms with Crippen molar-refractivity contribution >= 4 is 28.5 Å². The van der Waals surface area contributed by atoms with Gasteiger partial charge >= 0.3 is 0 Å². The summed E-state index contributed by atoms with van der Waals surface area (Å²) in [6.07, 6.45) is 1.41. The van der Waals surface area contributed by atoms with Gasteiger partial charge in [-0.3, -0.25) is 0 Å². The molecular formula is C3H4Cl2N4. The van der Waals surface area contributed by atoms with Crippen LogP contribution in [0.3, 0.4) is 0 Å². The molecule has 0 saturated carbocycles. The molecule has 3 N–H and O–H groups in total. The van der Waals surface area contributed by atoms with Crippen LogP contribution in [0.15, 0.2) is 17.0 Å². The fourth-order valence-corrected chi connectivity index (χ4v) is 0.590. The predicted octanol–water partition coefficient (Wildman–Crippen LogP) is 0.313. The van der Waals surface area contributed by atoms with Crippen LogP contribution in [-0.2, 0) is 0 Å². The van der Waals surface area contributed by atoms with Crippen molar-refractivity contribution < 1.29 is 0 Å². The molecule has 50 valence electrons. The highest BCUT2D eigenvalue weighted by Crippen LogP contribution is 2.03. The lowest BCUT2D eigenvalue weighted by Gasteiger charge is -2.14. The van der Waals surface area contributed by atoms with Gasteiger partial charge < -0.3 is 5.73 Å². The van der Waals surface area contributed by atoms with Gasteiger partial charge in [0.05, 0.1) is 11.9 Å². The first-order chi connectivity index (χ1) is 4.20. The molecule has 6 heteroatoms. The molecule has 4 nitrogen and oxygen atoms in total. The van der Waals surface area contributed by atoms with E-state index < -0.39 is 0 Å². The third-order valence-electron chi connectivity index (χ3n) is 0.734. The lowest BCUT2D eigenvalue weighted by Crippen LogP contribution is -2.28. The number of nitrogens with one attached hydrogen (secondary N) is 1. The number of hydrogen-bond donors (Lipinski definition) is 2. The van der Waals surface area contributed by atoms with Crippen LogP contribution in [0.5, 0.6) is 0 Å². The summed E-state index contributed by atoms with van der Waals surface area (Å²) in [7, 11) is 0. The first-order valence-corrected chi connectivity index (χ1v) is 2.83. The molecule has 0 spiro atoms. The molecule has 0 fully saturated rings. The standard InChI is InChI=1S/C3H4Cl2N4/c4-3-2(6)1-9(5)8-7-3/h1,8H,6H2. The highest BCUT2D eigenvalue weighted by Gasteiger charge is 2.06. The number of halogens is 2. The van der Waals surface area contributed by atoms with Gasteiger partial charge in [0.1, 0.15) is 0 Å². The summed E-state index contributed by atoms with van der Waals surface area (Å²) < 4.78 is 1.08. The van der Waals surface area contributed by atoms with Crippen molar-refractivity contribution in [2.45, 2.75) is 0 Å². The van der Waals surface area contributed by atoms with Gasteiger partial charge in [0.25, 0.3) is 0 Å². The molecule has 0 radical (unpaired) electrons. The van der Waals surface area contributed by atoms with Gasteiger partial charge in [0.2, 0.25) is 0 Å². The molecule has 0 aromatic rings. The van der Waals surface area contributed by atoms with Crippen molar-refractivity contribution in [2.75, 3.05) is 0 Å². The lowest BCUT2D eigenvalue weighted by atomic mass is 10.5. The molecule has 0 aromatic heterocycles. The average molecular weight is 167 g/mol. The van der Waals surface area contributed by atoms with Gasteiger partial charge in [-0.25, -0.2) is 5.53 Å². The third kappa shape index (κ3) is 1.40. The molecule has 1 aliphatic rings. The fraction of sp³-hybridized carbons (Fsp3) is 0. The second-order valence-corrected chi connectivity index (χ2v) is 2.12. The zero-order chi connectivity index (χ0) is 6.85. The minimum absolute atomic E-state index is 0.215. The maximum absolute atomic E-state index is 5.44. The number of nitrogens with zero attached hydrogens (tertiary/aromatic N) is 2. The van der Waals surface area contributed by atoms with E-state index in [1.54, 1.807) is 0 Å². The van der Waals surface area contributed by atoms with Gasteiger partial charge in [-0.15, -0.1) is 5.10 Å². The number of hydrazine groups is 1. The Morgan fingerprint density at radius 3 is 2.89 bits per heavy atom. The van der Waals surface area contributed by atoms with E-state index >= 15 is 0 Å². The van der Waals surface area contributed by atoms with Gasteiger partial charge in [-0.05, 0) is 0 Å². The minimum Gasteiger partial charge on any atom is -0.395 e. The first kappa shape index (κ1) is 6.51. The number of nitrogens with two attached hydrogens (primary N) is 1. The van der Waals surface area contributed by atoms with Crippen LogP contribution < -0.4 is 11.3 Å². The molecule has 0 aliphatic carbocycles. The van der Waals surface area contributed by atoms with E-state index in [0.29, 0.717) is 5.70 Å². The fourth-order valence-electron chi connectivity index (χ4n) is 0.360. The summed E-state index contributed by atoms with van der Waals surface area (Å²) in [6.45, 7) is 0. The zero-order valence-corrected chi connectivity index (χ0v) is 5.82. The van der Waals surface area contributed by atoms with Crippen LogP contribution in [0.4, 0.5) is 0 Å². The second-order valence-electron chi connectivity index (χ2n) is 1.40. The molecule has 1 rings (SSSR count). The summed E-state index contributed by atoms with van der Waals surface area (Å²) >= 11 is 10.8. The highest BCUT2D eigenvalue weighted by atomic mass is 35.5. The molecular weight excluding hydrogens is 163 g/mol. The molecule has 9 heavy (non-hydrogen) atoms. The van der Waals surface area contributed by atoms with E-state index in [1.165, 1.54) is 6.20 Å². The van der Waals surface area contributed by atoms with Crippen molar-refractivity contribution in [3.05, 3.63) is 11.9 Å². The van der Waals surface area contributed by atoms with E-state index in [1.807, 2.05) is 0 Å². The Bertz CT molecular complexity index is 175. The molecule has 0 saturated heterocycles. The van der Waals surface area contributed by atoms with Crippen LogP contribution in [0.2, 0.25) is 0 Å². The maximum Gasteiger partial charge on any atom is 0.175 e. The van der Waals surface area contributed by atoms with Crippen molar-refractivity contribution in [2.24, 2.45) is 10.8 Å². The SMILES string of the molecule is NC1=CN(Cl)NN=C1Cl. The monoisotopic (exact) mass is 166 g/mol. The quantitative estimate of drug-likeness (QED) is 0.510. The van der Waals surface area contributed by atoms with Crippen LogP contribution >= 0.6 is 23.4 Å². The predicted molar refractivity (Wildman–Crippen MR) is 36.4 cm³/mol. The third-order valence-corrected chi connectivity index (χ3v) is 1.21. The summed E-state index contributed by atoms with van der Waals surface area (Å²) in [6, 6.07) is 0. The minimum atomic E-state index is 0.215.